The van der Waals surface area contributed by atoms with Crippen LogP contribution >= 0.6 is 23.1 Å². The van der Waals surface area contributed by atoms with Gasteiger partial charge < -0.3 is 9.73 Å². The molecule has 0 spiro atoms. The van der Waals surface area contributed by atoms with Crippen LogP contribution in [-0.4, -0.2) is 36.5 Å². The first kappa shape index (κ1) is 20.0. The lowest BCUT2D eigenvalue weighted by Gasteiger charge is -2.24. The van der Waals surface area contributed by atoms with Gasteiger partial charge in [-0.25, -0.2) is 0 Å². The molecular formula is C21H26N2O2S2. The summed E-state index contributed by atoms with van der Waals surface area (Å²) < 4.78 is 7.16. The van der Waals surface area contributed by atoms with Crippen molar-refractivity contribution < 1.29 is 9.21 Å². The third kappa shape index (κ3) is 4.94. The second-order valence-electron chi connectivity index (χ2n) is 6.60. The van der Waals surface area contributed by atoms with Crippen molar-refractivity contribution >= 4 is 40.0 Å². The molecule has 4 nitrogen and oxygen atoms in total. The molecule has 0 saturated heterocycles. The van der Waals surface area contributed by atoms with Crippen molar-refractivity contribution in [2.45, 2.75) is 36.8 Å². The molecule has 2 aromatic heterocycles. The predicted molar refractivity (Wildman–Crippen MR) is 115 cm³/mol. The number of rotatable bonds is 9. The van der Waals surface area contributed by atoms with Crippen LogP contribution in [0.25, 0.3) is 11.0 Å². The molecule has 0 bridgehead atoms. The Morgan fingerprint density at radius 1 is 1.26 bits per heavy atom. The van der Waals surface area contributed by atoms with E-state index in [0.29, 0.717) is 24.1 Å². The van der Waals surface area contributed by atoms with Crippen molar-refractivity contribution in [3.63, 3.8) is 0 Å². The van der Waals surface area contributed by atoms with E-state index in [-0.39, 0.29) is 5.91 Å². The maximum absolute atomic E-state index is 12.8. The highest BCUT2D eigenvalue weighted by molar-refractivity contribution is 8.00. The molecule has 0 unspecified atom stereocenters. The average molecular weight is 403 g/mol. The molecule has 27 heavy (non-hydrogen) atoms. The largest absolute Gasteiger partial charge is 0.451 e. The number of thioether (sulfide) groups is 1. The minimum Gasteiger partial charge on any atom is -0.451 e. The lowest BCUT2D eigenvalue weighted by atomic mass is 10.1. The van der Waals surface area contributed by atoms with Crippen LogP contribution in [0.2, 0.25) is 0 Å². The fourth-order valence-corrected chi connectivity index (χ4v) is 4.90. The minimum absolute atomic E-state index is 0.132. The lowest BCUT2D eigenvalue weighted by Crippen LogP contribution is -2.38. The molecule has 0 atom stereocenters. The van der Waals surface area contributed by atoms with Gasteiger partial charge in [0, 0.05) is 35.8 Å². The van der Waals surface area contributed by atoms with Crippen LogP contribution in [0.1, 0.15) is 36.9 Å². The topological polar surface area (TPSA) is 45.5 Å². The number of carbonyl (C=O) groups excluding carboxylic acids is 1. The summed E-state index contributed by atoms with van der Waals surface area (Å²) in [5.41, 5.74) is 1.74. The summed E-state index contributed by atoms with van der Waals surface area (Å²) in [5.74, 6) is 1.02. The number of thiophene rings is 1. The zero-order chi connectivity index (χ0) is 19.2. The van der Waals surface area contributed by atoms with E-state index in [9.17, 15) is 4.79 Å². The molecule has 1 aromatic carbocycles. The van der Waals surface area contributed by atoms with Crippen LogP contribution in [0, 0.1) is 0 Å². The molecule has 0 aliphatic heterocycles. The monoisotopic (exact) mass is 402 g/mol. The normalized spacial score (nSPS) is 11.6. The van der Waals surface area contributed by atoms with Gasteiger partial charge >= 0.3 is 0 Å². The first-order chi connectivity index (χ1) is 13.1. The Hall–Kier alpha value is -1.76. The van der Waals surface area contributed by atoms with Gasteiger partial charge in [-0.05, 0) is 37.9 Å². The summed E-state index contributed by atoms with van der Waals surface area (Å²) in [5, 5.41) is 6.12. The van der Waals surface area contributed by atoms with E-state index in [4.69, 9.17) is 4.42 Å². The van der Waals surface area contributed by atoms with E-state index < -0.39 is 0 Å². The second-order valence-corrected chi connectivity index (χ2v) is 8.83. The van der Waals surface area contributed by atoms with Crippen molar-refractivity contribution in [2.24, 2.45) is 0 Å². The fourth-order valence-electron chi connectivity index (χ4n) is 3.09. The molecule has 3 rings (SSSR count). The van der Waals surface area contributed by atoms with Crippen LogP contribution in [0.4, 0.5) is 0 Å². The number of likely N-dealkylation sites (N-methyl/N-ethyl adjacent to an activating group) is 1. The lowest BCUT2D eigenvalue weighted by molar-refractivity contribution is 0.0919. The summed E-state index contributed by atoms with van der Waals surface area (Å²) in [6, 6.07) is 12.5. The van der Waals surface area contributed by atoms with Crippen LogP contribution in [0.5, 0.6) is 0 Å². The predicted octanol–water partition coefficient (Wildman–Crippen LogP) is 5.25. The van der Waals surface area contributed by atoms with Crippen molar-refractivity contribution in [1.82, 2.24) is 10.2 Å². The number of para-hydroxylation sites is 1. The molecule has 6 heteroatoms. The SMILES string of the molecule is CCN(CCNC(=O)c1oc2ccccc2c1CSc1cccs1)C(C)C. The Labute approximate surface area is 168 Å². The number of hydrogen-bond donors (Lipinski definition) is 1. The highest BCUT2D eigenvalue weighted by Crippen LogP contribution is 2.33. The summed E-state index contributed by atoms with van der Waals surface area (Å²) in [6.45, 7) is 8.90. The van der Waals surface area contributed by atoms with E-state index in [0.717, 1.165) is 29.6 Å². The quantitative estimate of drug-likeness (QED) is 0.497. The molecule has 144 valence electrons. The molecule has 1 amide bonds. The minimum atomic E-state index is -0.132. The Morgan fingerprint density at radius 3 is 2.78 bits per heavy atom. The van der Waals surface area contributed by atoms with Gasteiger partial charge in [-0.3, -0.25) is 9.69 Å². The van der Waals surface area contributed by atoms with Crippen LogP contribution in [0.3, 0.4) is 0 Å². The first-order valence-electron chi connectivity index (χ1n) is 9.29. The number of hydrogen-bond acceptors (Lipinski definition) is 5. The smallest absolute Gasteiger partial charge is 0.287 e. The number of carbonyl (C=O) groups is 1. The van der Waals surface area contributed by atoms with E-state index in [1.807, 2.05) is 30.3 Å². The average Bonchev–Trinajstić information content (AvgIpc) is 3.30. The summed E-state index contributed by atoms with van der Waals surface area (Å²) in [7, 11) is 0. The maximum atomic E-state index is 12.8. The van der Waals surface area contributed by atoms with Crippen LogP contribution in [0.15, 0.2) is 50.4 Å². The van der Waals surface area contributed by atoms with E-state index >= 15 is 0 Å². The Bertz CT molecular complexity index is 872. The Morgan fingerprint density at radius 2 is 2.07 bits per heavy atom. The van der Waals surface area contributed by atoms with Gasteiger partial charge in [0.2, 0.25) is 0 Å². The third-order valence-electron chi connectivity index (χ3n) is 4.58. The van der Waals surface area contributed by atoms with Gasteiger partial charge in [0.05, 0.1) is 4.21 Å². The number of nitrogens with zero attached hydrogens (tertiary/aromatic N) is 1. The number of fused-ring (bicyclic) bond motifs is 1. The molecule has 0 radical (unpaired) electrons. The zero-order valence-electron chi connectivity index (χ0n) is 16.0. The second kappa shape index (κ2) is 9.44. The van der Waals surface area contributed by atoms with Gasteiger partial charge in [-0.2, -0.15) is 0 Å². The van der Waals surface area contributed by atoms with Crippen molar-refractivity contribution in [2.75, 3.05) is 19.6 Å². The zero-order valence-corrected chi connectivity index (χ0v) is 17.7. The van der Waals surface area contributed by atoms with Gasteiger partial charge in [-0.1, -0.05) is 31.2 Å². The van der Waals surface area contributed by atoms with Crippen molar-refractivity contribution in [3.05, 3.63) is 53.1 Å². The number of furan rings is 1. The number of amides is 1. The highest BCUT2D eigenvalue weighted by Gasteiger charge is 2.20. The Kier molecular flexibility index (Phi) is 6.99. The molecule has 1 N–H and O–H groups in total. The van der Waals surface area contributed by atoms with Crippen molar-refractivity contribution in [3.8, 4) is 0 Å². The molecule has 0 aliphatic rings. The summed E-state index contributed by atoms with van der Waals surface area (Å²) in [6.07, 6.45) is 0. The molecule has 0 aliphatic carbocycles. The number of nitrogens with one attached hydrogen (secondary N) is 1. The fraction of sp³-hybridized carbons (Fsp3) is 0.381. The Balaban J connectivity index is 1.74. The number of benzene rings is 1. The highest BCUT2D eigenvalue weighted by atomic mass is 32.2. The maximum Gasteiger partial charge on any atom is 0.287 e. The summed E-state index contributed by atoms with van der Waals surface area (Å²) >= 11 is 3.45. The van der Waals surface area contributed by atoms with Crippen LogP contribution in [-0.2, 0) is 5.75 Å². The molecule has 0 saturated carbocycles. The van der Waals surface area contributed by atoms with Gasteiger partial charge in [0.1, 0.15) is 5.58 Å². The van der Waals surface area contributed by atoms with Gasteiger partial charge in [-0.15, -0.1) is 23.1 Å². The van der Waals surface area contributed by atoms with E-state index in [1.165, 1.54) is 4.21 Å². The van der Waals surface area contributed by atoms with Gasteiger partial charge in [0.25, 0.3) is 5.91 Å². The standard InChI is InChI=1S/C21H26N2O2S2/c1-4-23(15(2)3)12-11-22-21(24)20-17(14-27-19-10-7-13-26-19)16-8-5-6-9-18(16)25-20/h5-10,13,15H,4,11-12,14H2,1-3H3,(H,22,24). The van der Waals surface area contributed by atoms with Crippen molar-refractivity contribution in [1.29, 1.82) is 0 Å². The first-order valence-corrected chi connectivity index (χ1v) is 11.2. The molecule has 0 fully saturated rings. The van der Waals surface area contributed by atoms with E-state index in [1.54, 1.807) is 23.1 Å². The molecule has 2 heterocycles. The molecular weight excluding hydrogens is 376 g/mol. The van der Waals surface area contributed by atoms with Crippen LogP contribution < -0.4 is 5.32 Å². The molecule has 3 aromatic rings. The van der Waals surface area contributed by atoms with E-state index in [2.05, 4.69) is 42.4 Å². The van der Waals surface area contributed by atoms with Gasteiger partial charge in [0.15, 0.2) is 5.76 Å². The third-order valence-corrected chi connectivity index (χ3v) is 6.74. The summed E-state index contributed by atoms with van der Waals surface area (Å²) in [4.78, 5) is 15.1.